The van der Waals surface area contributed by atoms with Gasteiger partial charge in [-0.15, -0.1) is 0 Å². The molecule has 0 aliphatic rings. The summed E-state index contributed by atoms with van der Waals surface area (Å²) in [5.74, 6) is 0. The highest BCUT2D eigenvalue weighted by Gasteiger charge is 2.24. The smallest absolute Gasteiger partial charge is 0.0794 e. The van der Waals surface area contributed by atoms with Crippen LogP contribution >= 0.6 is 0 Å². The van der Waals surface area contributed by atoms with Crippen LogP contribution in [0, 0.1) is 0 Å². The van der Waals surface area contributed by atoms with Gasteiger partial charge in [0.15, 0.2) is 0 Å². The van der Waals surface area contributed by atoms with E-state index in [1.807, 2.05) is 12.3 Å². The van der Waals surface area contributed by atoms with Gasteiger partial charge in [-0.05, 0) is 274 Å². The van der Waals surface area contributed by atoms with Crippen LogP contribution in [-0.2, 0) is 0 Å². The molecular formula is C134H80N4. The molecule has 0 aliphatic heterocycles. The first-order chi connectivity index (χ1) is 68.4. The van der Waals surface area contributed by atoms with Gasteiger partial charge < -0.3 is 0 Å². The van der Waals surface area contributed by atoms with E-state index in [0.717, 1.165) is 122 Å². The second-order valence-electron chi connectivity index (χ2n) is 36.8. The van der Waals surface area contributed by atoms with E-state index in [2.05, 4.69) is 473 Å². The van der Waals surface area contributed by atoms with Gasteiger partial charge in [-0.1, -0.05) is 406 Å². The third-order valence-corrected chi connectivity index (χ3v) is 29.2. The summed E-state index contributed by atoms with van der Waals surface area (Å²) in [6.07, 6.45) is 1.98. The SMILES string of the molecule is c1ccc(-c2cc(-c3ccc(-c4cc(-c5ccc6c7ccccc7c7ccccc7c6c5)nc5c4cc(-c4ccc6c7ccccc7c7ccccc7c6c4)c4ccccc45)cc3)nc3ccccc23)cc1.c1ccc2ncc(-c3ccc(-c4cc(-c5ccc6c7ccccc7c7ccccc7c6c5)nc5c4cc(-c4ccc6c7ccccc7c7ccccc7c6c4)c4ccccc45)cc3)cc2c1. The molecule has 0 aliphatic carbocycles. The van der Waals surface area contributed by atoms with Crippen LogP contribution in [0.5, 0.6) is 0 Å². The maximum Gasteiger partial charge on any atom is 0.0794 e. The highest BCUT2D eigenvalue weighted by molar-refractivity contribution is 6.31. The van der Waals surface area contributed by atoms with E-state index in [9.17, 15) is 0 Å². The van der Waals surface area contributed by atoms with E-state index in [-0.39, 0.29) is 0 Å². The monoisotopic (exact) mass is 1740 g/mol. The lowest BCUT2D eigenvalue weighted by molar-refractivity contribution is 1.39. The molecule has 0 unspecified atom stereocenters. The Morgan fingerprint density at radius 2 is 0.362 bits per heavy atom. The molecule has 138 heavy (non-hydrogen) atoms. The van der Waals surface area contributed by atoms with Crippen LogP contribution in [-0.4, -0.2) is 19.9 Å². The van der Waals surface area contributed by atoms with Crippen molar-refractivity contribution in [1.29, 1.82) is 0 Å². The van der Waals surface area contributed by atoms with Gasteiger partial charge in [-0.25, -0.2) is 15.0 Å². The fourth-order valence-corrected chi connectivity index (χ4v) is 22.7. The molecule has 0 amide bonds. The number of para-hydroxylation sites is 2. The molecule has 4 aromatic heterocycles. The van der Waals surface area contributed by atoms with Gasteiger partial charge in [0.2, 0.25) is 0 Å². The Hall–Kier alpha value is -18.2. The molecule has 0 bridgehead atoms. The number of hydrogen-bond acceptors (Lipinski definition) is 4. The van der Waals surface area contributed by atoms with Gasteiger partial charge in [0.1, 0.15) is 0 Å². The predicted octanol–water partition coefficient (Wildman–Crippen LogP) is 36.7. The molecule has 0 radical (unpaired) electrons. The summed E-state index contributed by atoms with van der Waals surface area (Å²) in [6.45, 7) is 0. The van der Waals surface area contributed by atoms with Crippen molar-refractivity contribution in [2.75, 3.05) is 0 Å². The molecule has 29 rings (SSSR count). The number of pyridine rings is 4. The van der Waals surface area contributed by atoms with Gasteiger partial charge in [0.25, 0.3) is 0 Å². The first-order valence-electron chi connectivity index (χ1n) is 47.5. The summed E-state index contributed by atoms with van der Waals surface area (Å²) < 4.78 is 0. The third-order valence-electron chi connectivity index (χ3n) is 29.2. The molecule has 0 N–H and O–H groups in total. The Morgan fingerprint density at radius 3 is 0.739 bits per heavy atom. The van der Waals surface area contributed by atoms with E-state index < -0.39 is 0 Å². The van der Waals surface area contributed by atoms with E-state index >= 15 is 0 Å². The molecule has 4 heteroatoms. The van der Waals surface area contributed by atoms with Crippen molar-refractivity contribution in [3.05, 3.63) is 485 Å². The highest BCUT2D eigenvalue weighted by Crippen LogP contribution is 2.50. The number of aromatic nitrogens is 4. The second-order valence-corrected chi connectivity index (χ2v) is 36.8. The summed E-state index contributed by atoms with van der Waals surface area (Å²) >= 11 is 0. The van der Waals surface area contributed by atoms with Crippen LogP contribution in [0.15, 0.2) is 485 Å². The number of benzene rings is 25. The van der Waals surface area contributed by atoms with Gasteiger partial charge in [0, 0.05) is 60.8 Å². The molecule has 0 fully saturated rings. The minimum absolute atomic E-state index is 0.936. The minimum Gasteiger partial charge on any atom is -0.256 e. The molecular weight excluding hydrogens is 1670 g/mol. The van der Waals surface area contributed by atoms with Crippen LogP contribution in [0.1, 0.15) is 0 Å². The van der Waals surface area contributed by atoms with Crippen molar-refractivity contribution >= 4 is 194 Å². The second kappa shape index (κ2) is 31.8. The normalized spacial score (nSPS) is 11.9. The first-order valence-corrected chi connectivity index (χ1v) is 47.5. The predicted molar refractivity (Wildman–Crippen MR) is 588 cm³/mol. The summed E-state index contributed by atoms with van der Waals surface area (Å²) in [5.41, 5.74) is 23.9. The lowest BCUT2D eigenvalue weighted by atomic mass is 9.88. The highest BCUT2D eigenvalue weighted by atomic mass is 14.7. The number of fused-ring (bicyclic) bond motifs is 32. The molecule has 636 valence electrons. The van der Waals surface area contributed by atoms with Crippen LogP contribution in [0.4, 0.5) is 0 Å². The van der Waals surface area contributed by atoms with Crippen LogP contribution in [0.2, 0.25) is 0 Å². The van der Waals surface area contributed by atoms with Crippen molar-refractivity contribution < 1.29 is 0 Å². The van der Waals surface area contributed by atoms with Crippen molar-refractivity contribution in [2.45, 2.75) is 0 Å². The molecule has 0 spiro atoms. The molecule has 0 atom stereocenters. The van der Waals surface area contributed by atoms with Crippen LogP contribution < -0.4 is 0 Å². The van der Waals surface area contributed by atoms with E-state index in [1.165, 1.54) is 173 Å². The number of hydrogen-bond donors (Lipinski definition) is 0. The lowest BCUT2D eigenvalue weighted by Gasteiger charge is -2.17. The zero-order valence-electron chi connectivity index (χ0n) is 75.0. The van der Waals surface area contributed by atoms with E-state index in [4.69, 9.17) is 19.9 Å². The Morgan fingerprint density at radius 1 is 0.116 bits per heavy atom. The summed E-state index contributed by atoms with van der Waals surface area (Å²) in [4.78, 5) is 21.4. The fraction of sp³-hybridized carbons (Fsp3) is 0. The molecule has 25 aromatic carbocycles. The van der Waals surface area contributed by atoms with Gasteiger partial charge in [-0.3, -0.25) is 4.98 Å². The molecule has 29 aromatic rings. The first kappa shape index (κ1) is 78.4. The van der Waals surface area contributed by atoms with Crippen LogP contribution in [0.25, 0.3) is 295 Å². The van der Waals surface area contributed by atoms with Gasteiger partial charge >= 0.3 is 0 Å². The minimum atomic E-state index is 0.936. The number of nitrogens with zero attached hydrogens (tertiary/aromatic N) is 4. The zero-order valence-corrected chi connectivity index (χ0v) is 75.0. The standard InChI is InChI=1S/C70H42N2.C64H38N2/c1-2-16-43(17-3-1)62-41-68(71-67-29-15-14-27-59(62)67)45-32-30-44(31-33-45)63-42-69(47-35-37-58-53-23-7-5-19-49(53)51-21-9-11-25-55(51)65(58)39-47)72-70-60-28-13-12-26-56(60)61(40-66(63)70)46-34-36-57-52-22-6-4-18-48(52)50-20-8-10-24-54(50)64(57)38-46;1-12-24-62-42(13-1)33-44(38-65-62)39-25-27-40(28-26-39)58-37-63(43-30-32-55-50-19-5-3-15-46(50)48-17-7-9-21-52(48)60(55)35-43)66-64-56-23-11-10-22-53(56)57(36-61(58)64)41-29-31-54-49-18-4-2-14-45(49)47-16-6-8-20-51(47)59(54)34-41/h1-42H;1-38H. The van der Waals surface area contributed by atoms with Gasteiger partial charge in [-0.2, -0.15) is 0 Å². The molecule has 4 nitrogen and oxygen atoms in total. The summed E-state index contributed by atoms with van der Waals surface area (Å²) in [7, 11) is 0. The Balaban J connectivity index is 0.000000137. The summed E-state index contributed by atoms with van der Waals surface area (Å²) in [5, 5.41) is 39.4. The van der Waals surface area contributed by atoms with Gasteiger partial charge in [0.05, 0.1) is 39.1 Å². The average Bonchev–Trinajstić information content (AvgIpc) is 0.739. The fourth-order valence-electron chi connectivity index (χ4n) is 22.7. The van der Waals surface area contributed by atoms with Crippen molar-refractivity contribution in [1.82, 2.24) is 19.9 Å². The summed E-state index contributed by atoms with van der Waals surface area (Å²) in [6, 6.07) is 175. The Kier molecular flexibility index (Phi) is 18.1. The maximum absolute atomic E-state index is 5.69. The third kappa shape index (κ3) is 12.8. The molecule has 0 saturated carbocycles. The van der Waals surface area contributed by atoms with Crippen molar-refractivity contribution in [3.63, 3.8) is 0 Å². The Labute approximate surface area is 794 Å². The zero-order chi connectivity index (χ0) is 90.6. The Bertz CT molecular complexity index is 10100. The molecule has 0 saturated heterocycles. The van der Waals surface area contributed by atoms with E-state index in [0.29, 0.717) is 0 Å². The van der Waals surface area contributed by atoms with Crippen molar-refractivity contribution in [2.24, 2.45) is 0 Å². The largest absolute Gasteiger partial charge is 0.256 e. The molecule has 4 heterocycles. The maximum atomic E-state index is 5.69. The van der Waals surface area contributed by atoms with Crippen LogP contribution in [0.3, 0.4) is 0 Å². The van der Waals surface area contributed by atoms with Crippen molar-refractivity contribution in [3.8, 4) is 101 Å². The quantitative estimate of drug-likeness (QED) is 0.135. The average molecular weight is 1750 g/mol. The number of rotatable bonds is 9. The van der Waals surface area contributed by atoms with E-state index in [1.54, 1.807) is 0 Å². The topological polar surface area (TPSA) is 51.6 Å². The lowest BCUT2D eigenvalue weighted by Crippen LogP contribution is -1.94.